The number of benzene rings is 1. The molecule has 0 saturated carbocycles. The van der Waals surface area contributed by atoms with Crippen LogP contribution in [-0.2, 0) is 17.9 Å². The van der Waals surface area contributed by atoms with E-state index < -0.39 is 5.97 Å². The van der Waals surface area contributed by atoms with Gasteiger partial charge in [-0.05, 0) is 25.1 Å². The smallest absolute Gasteiger partial charge is 0.355 e. The third-order valence-electron chi connectivity index (χ3n) is 2.84. The number of carbonyl (C=O) groups is 1. The molecule has 0 fully saturated rings. The zero-order valence-electron chi connectivity index (χ0n) is 10.9. The van der Waals surface area contributed by atoms with Gasteiger partial charge in [0.15, 0.2) is 0 Å². The molecule has 20 heavy (non-hydrogen) atoms. The van der Waals surface area contributed by atoms with Gasteiger partial charge in [-0.25, -0.2) is 4.79 Å². The van der Waals surface area contributed by atoms with Crippen LogP contribution in [0.3, 0.4) is 0 Å². The van der Waals surface area contributed by atoms with Gasteiger partial charge in [-0.3, -0.25) is 0 Å². The molecular weight excluding hydrogens is 299 g/mol. The van der Waals surface area contributed by atoms with Crippen LogP contribution in [0.5, 0.6) is 0 Å². The minimum absolute atomic E-state index is 0.0869. The second-order valence-electron chi connectivity index (χ2n) is 4.26. The van der Waals surface area contributed by atoms with E-state index in [1.165, 1.54) is 0 Å². The Kier molecular flexibility index (Phi) is 4.57. The van der Waals surface area contributed by atoms with Crippen molar-refractivity contribution in [1.82, 2.24) is 4.57 Å². The van der Waals surface area contributed by atoms with Gasteiger partial charge in [0, 0.05) is 28.4 Å². The first-order chi connectivity index (χ1) is 9.51. The highest BCUT2D eigenvalue weighted by molar-refractivity contribution is 6.35. The Hall–Kier alpha value is -1.65. The van der Waals surface area contributed by atoms with E-state index in [0.717, 1.165) is 0 Å². The van der Waals surface area contributed by atoms with E-state index in [1.807, 2.05) is 6.92 Å². The summed E-state index contributed by atoms with van der Waals surface area (Å²) in [5.74, 6) is -0.436. The fraction of sp³-hybridized carbons (Fsp3) is 0.214. The molecule has 0 bridgehead atoms. The topological polar surface area (TPSA) is 57.2 Å². The lowest BCUT2D eigenvalue weighted by Gasteiger charge is -2.08. The summed E-state index contributed by atoms with van der Waals surface area (Å²) in [6, 6.07) is 6.63. The van der Waals surface area contributed by atoms with Crippen molar-refractivity contribution in [2.45, 2.75) is 20.1 Å². The van der Waals surface area contributed by atoms with E-state index >= 15 is 0 Å². The lowest BCUT2D eigenvalue weighted by molar-refractivity contribution is 0.0460. The number of esters is 1. The summed E-state index contributed by atoms with van der Waals surface area (Å²) in [6.07, 6.45) is 1.70. The maximum Gasteiger partial charge on any atom is 0.355 e. The van der Waals surface area contributed by atoms with E-state index in [9.17, 15) is 4.79 Å². The third-order valence-corrected chi connectivity index (χ3v) is 3.43. The van der Waals surface area contributed by atoms with Crippen molar-refractivity contribution in [2.24, 2.45) is 0 Å². The van der Waals surface area contributed by atoms with Gasteiger partial charge in [-0.15, -0.1) is 0 Å². The molecule has 0 saturated heterocycles. The molecule has 0 unspecified atom stereocenters. The predicted molar refractivity (Wildman–Crippen MR) is 80.1 cm³/mol. The van der Waals surface area contributed by atoms with Crippen molar-refractivity contribution in [2.75, 3.05) is 5.73 Å². The number of aryl methyl sites for hydroxylation is 1. The summed E-state index contributed by atoms with van der Waals surface area (Å²) in [4.78, 5) is 12.0. The van der Waals surface area contributed by atoms with Crippen molar-refractivity contribution in [3.8, 4) is 0 Å². The van der Waals surface area contributed by atoms with Crippen LogP contribution in [0.25, 0.3) is 0 Å². The largest absolute Gasteiger partial charge is 0.456 e. The predicted octanol–water partition coefficient (Wildman–Crippen LogP) is 3.75. The van der Waals surface area contributed by atoms with Crippen molar-refractivity contribution >= 4 is 34.9 Å². The summed E-state index contributed by atoms with van der Waals surface area (Å²) < 4.78 is 6.99. The maximum absolute atomic E-state index is 12.0. The van der Waals surface area contributed by atoms with E-state index in [4.69, 9.17) is 33.7 Å². The minimum Gasteiger partial charge on any atom is -0.456 e. The van der Waals surface area contributed by atoms with E-state index in [-0.39, 0.29) is 6.61 Å². The molecular formula is C14H14Cl2N2O2. The van der Waals surface area contributed by atoms with Gasteiger partial charge < -0.3 is 15.0 Å². The van der Waals surface area contributed by atoms with Crippen LogP contribution < -0.4 is 5.73 Å². The highest BCUT2D eigenvalue weighted by Crippen LogP contribution is 2.22. The van der Waals surface area contributed by atoms with Crippen LogP contribution >= 0.6 is 23.2 Å². The fourth-order valence-corrected chi connectivity index (χ4v) is 2.28. The number of rotatable bonds is 4. The Morgan fingerprint density at radius 3 is 2.75 bits per heavy atom. The first-order valence-electron chi connectivity index (χ1n) is 6.08. The van der Waals surface area contributed by atoms with Crippen LogP contribution in [0.4, 0.5) is 5.69 Å². The summed E-state index contributed by atoms with van der Waals surface area (Å²) in [7, 11) is 0. The van der Waals surface area contributed by atoms with Crippen molar-refractivity contribution in [3.63, 3.8) is 0 Å². The Labute approximate surface area is 127 Å². The zero-order valence-corrected chi connectivity index (χ0v) is 12.4. The monoisotopic (exact) mass is 312 g/mol. The fourth-order valence-electron chi connectivity index (χ4n) is 1.82. The Bertz CT molecular complexity index is 638. The molecule has 0 aliphatic heterocycles. The van der Waals surface area contributed by atoms with Gasteiger partial charge in [0.25, 0.3) is 0 Å². The number of hydrogen-bond acceptors (Lipinski definition) is 3. The summed E-state index contributed by atoms with van der Waals surface area (Å²) in [6.45, 7) is 2.65. The van der Waals surface area contributed by atoms with Crippen molar-refractivity contribution in [1.29, 1.82) is 0 Å². The Balaban J connectivity index is 2.08. The number of nitrogens with zero attached hydrogens (tertiary/aromatic N) is 1. The molecule has 0 aliphatic rings. The first kappa shape index (κ1) is 14.8. The molecule has 0 radical (unpaired) electrons. The molecule has 2 aromatic rings. The standard InChI is InChI=1S/C14H14Cl2N2O2/c1-2-18-7-11(17)6-13(18)14(19)20-8-9-3-4-10(15)5-12(9)16/h3-7H,2,8,17H2,1H3. The summed E-state index contributed by atoms with van der Waals surface area (Å²) >= 11 is 11.8. The molecule has 6 heteroatoms. The summed E-state index contributed by atoms with van der Waals surface area (Å²) in [5, 5.41) is 1.01. The van der Waals surface area contributed by atoms with Gasteiger partial charge in [0.2, 0.25) is 0 Å². The zero-order chi connectivity index (χ0) is 14.7. The van der Waals surface area contributed by atoms with Gasteiger partial charge in [0.05, 0.1) is 5.69 Å². The SMILES string of the molecule is CCn1cc(N)cc1C(=O)OCc1ccc(Cl)cc1Cl. The first-order valence-corrected chi connectivity index (χ1v) is 6.83. The summed E-state index contributed by atoms with van der Waals surface area (Å²) in [5.41, 5.74) is 7.33. The number of hydrogen-bond donors (Lipinski definition) is 1. The molecule has 1 heterocycles. The highest BCUT2D eigenvalue weighted by Gasteiger charge is 2.14. The minimum atomic E-state index is -0.436. The second kappa shape index (κ2) is 6.20. The van der Waals surface area contributed by atoms with E-state index in [2.05, 4.69) is 0 Å². The average molecular weight is 313 g/mol. The molecule has 1 aromatic heterocycles. The quantitative estimate of drug-likeness (QED) is 0.875. The lowest BCUT2D eigenvalue weighted by Crippen LogP contribution is -2.11. The number of ether oxygens (including phenoxy) is 1. The highest BCUT2D eigenvalue weighted by atomic mass is 35.5. The van der Waals surface area contributed by atoms with Crippen LogP contribution in [-0.4, -0.2) is 10.5 Å². The van der Waals surface area contributed by atoms with E-state index in [1.54, 1.807) is 35.0 Å². The van der Waals surface area contributed by atoms with Gasteiger partial charge >= 0.3 is 5.97 Å². The number of halogens is 2. The molecule has 2 rings (SSSR count). The average Bonchev–Trinajstić information content (AvgIpc) is 2.78. The van der Waals surface area contributed by atoms with Gasteiger partial charge in [-0.2, -0.15) is 0 Å². The maximum atomic E-state index is 12.0. The third kappa shape index (κ3) is 3.26. The molecule has 0 spiro atoms. The number of nitrogen functional groups attached to an aromatic ring is 1. The van der Waals surface area contributed by atoms with E-state index in [0.29, 0.717) is 33.5 Å². The van der Waals surface area contributed by atoms with Gasteiger partial charge in [0.1, 0.15) is 12.3 Å². The Morgan fingerprint density at radius 1 is 1.35 bits per heavy atom. The van der Waals surface area contributed by atoms with Crippen LogP contribution in [0.2, 0.25) is 10.0 Å². The number of carbonyl (C=O) groups excluding carboxylic acids is 1. The molecule has 4 nitrogen and oxygen atoms in total. The number of nitrogens with two attached hydrogens (primary N) is 1. The second-order valence-corrected chi connectivity index (χ2v) is 5.10. The van der Waals surface area contributed by atoms with Gasteiger partial charge in [-0.1, -0.05) is 29.3 Å². The molecule has 106 valence electrons. The number of anilines is 1. The van der Waals surface area contributed by atoms with Crippen LogP contribution in [0.15, 0.2) is 30.5 Å². The number of aromatic nitrogens is 1. The Morgan fingerprint density at radius 2 is 2.10 bits per heavy atom. The molecule has 0 aliphatic carbocycles. The lowest BCUT2D eigenvalue weighted by atomic mass is 10.2. The van der Waals surface area contributed by atoms with Crippen molar-refractivity contribution < 1.29 is 9.53 Å². The molecule has 1 aromatic carbocycles. The normalized spacial score (nSPS) is 10.6. The van der Waals surface area contributed by atoms with Crippen LogP contribution in [0.1, 0.15) is 23.0 Å². The molecule has 2 N–H and O–H groups in total. The van der Waals surface area contributed by atoms with Crippen LogP contribution in [0, 0.1) is 0 Å². The molecule has 0 atom stereocenters. The van der Waals surface area contributed by atoms with Crippen molar-refractivity contribution in [3.05, 3.63) is 51.8 Å². The molecule has 0 amide bonds.